The number of hydrogen-bond donors (Lipinski definition) is 1. The molecular weight excluding hydrogens is 252 g/mol. The lowest BCUT2D eigenvalue weighted by atomic mass is 10.2. The minimum absolute atomic E-state index is 0.441. The van der Waals surface area contributed by atoms with E-state index in [0.29, 0.717) is 22.1 Å². The molecule has 4 nitrogen and oxygen atoms in total. The van der Waals surface area contributed by atoms with Crippen molar-refractivity contribution in [2.45, 2.75) is 6.10 Å². The van der Waals surface area contributed by atoms with Gasteiger partial charge in [-0.05, 0) is 12.1 Å². The number of nitrogens with zero attached hydrogens (tertiary/aromatic N) is 2. The highest BCUT2D eigenvalue weighted by Gasteiger charge is 2.18. The summed E-state index contributed by atoms with van der Waals surface area (Å²) in [5.74, 6) is 0.441. The van der Waals surface area contributed by atoms with Crippen LogP contribution in [0.15, 0.2) is 41.2 Å². The quantitative estimate of drug-likeness (QED) is 0.773. The maximum Gasteiger partial charge on any atom is 0.155 e. The van der Waals surface area contributed by atoms with E-state index in [1.165, 1.54) is 0 Å². The van der Waals surface area contributed by atoms with E-state index in [0.717, 1.165) is 5.39 Å². The average Bonchev–Trinajstić information content (AvgIpc) is 2.95. The van der Waals surface area contributed by atoms with Crippen molar-refractivity contribution in [1.29, 1.82) is 0 Å². The molecule has 0 aliphatic carbocycles. The maximum absolute atomic E-state index is 10.2. The zero-order chi connectivity index (χ0) is 12.7. The highest BCUT2D eigenvalue weighted by molar-refractivity contribution is 6.34. The molecule has 2 aromatic heterocycles. The van der Waals surface area contributed by atoms with Gasteiger partial charge < -0.3 is 14.1 Å². The monoisotopic (exact) mass is 262 g/mol. The van der Waals surface area contributed by atoms with Gasteiger partial charge in [-0.2, -0.15) is 0 Å². The molecule has 18 heavy (non-hydrogen) atoms. The van der Waals surface area contributed by atoms with E-state index in [4.69, 9.17) is 16.0 Å². The second-order valence-corrected chi connectivity index (χ2v) is 4.58. The Bertz CT molecular complexity index is 702. The van der Waals surface area contributed by atoms with Crippen molar-refractivity contribution < 1.29 is 9.52 Å². The zero-order valence-corrected chi connectivity index (χ0v) is 10.4. The van der Waals surface area contributed by atoms with Crippen LogP contribution >= 0.6 is 11.6 Å². The number of benzene rings is 1. The number of fused-ring (bicyclic) bond motifs is 1. The number of aliphatic hydroxyl groups excluding tert-OH is 1. The van der Waals surface area contributed by atoms with E-state index in [-0.39, 0.29) is 0 Å². The predicted octanol–water partition coefficient (Wildman–Crippen LogP) is 2.90. The molecule has 0 aliphatic rings. The summed E-state index contributed by atoms with van der Waals surface area (Å²) < 4.78 is 7.37. The molecule has 0 spiro atoms. The normalized spacial score (nSPS) is 13.1. The van der Waals surface area contributed by atoms with Crippen LogP contribution in [-0.2, 0) is 7.05 Å². The summed E-state index contributed by atoms with van der Waals surface area (Å²) in [6.07, 6.45) is 2.50. The summed E-state index contributed by atoms with van der Waals surface area (Å²) in [5.41, 5.74) is 1.14. The van der Waals surface area contributed by atoms with E-state index < -0.39 is 6.10 Å². The number of imidazole rings is 1. The van der Waals surface area contributed by atoms with Gasteiger partial charge in [0.1, 0.15) is 5.76 Å². The highest BCUT2D eigenvalue weighted by Crippen LogP contribution is 2.31. The van der Waals surface area contributed by atoms with Gasteiger partial charge in [0, 0.05) is 18.6 Å². The number of aryl methyl sites for hydroxylation is 1. The van der Waals surface area contributed by atoms with Crippen LogP contribution in [-0.4, -0.2) is 14.7 Å². The van der Waals surface area contributed by atoms with Crippen molar-refractivity contribution >= 4 is 22.6 Å². The standard InChI is InChI=1S/C13H11ClN2O2/c1-16-6-10(15-7-16)12(17)11-5-8-3-2-4-9(14)13(8)18-11/h2-7,12,17H,1H3. The van der Waals surface area contributed by atoms with Gasteiger partial charge in [-0.25, -0.2) is 4.98 Å². The lowest BCUT2D eigenvalue weighted by Crippen LogP contribution is -1.97. The summed E-state index contributed by atoms with van der Waals surface area (Å²) >= 11 is 6.03. The van der Waals surface area contributed by atoms with Crippen LogP contribution in [0.4, 0.5) is 0 Å². The van der Waals surface area contributed by atoms with Crippen LogP contribution in [0.1, 0.15) is 17.6 Å². The van der Waals surface area contributed by atoms with Crippen molar-refractivity contribution in [3.63, 3.8) is 0 Å². The van der Waals surface area contributed by atoms with Crippen LogP contribution in [0.5, 0.6) is 0 Å². The summed E-state index contributed by atoms with van der Waals surface area (Å²) in [7, 11) is 1.85. The molecule has 3 rings (SSSR count). The number of rotatable bonds is 2. The van der Waals surface area contributed by atoms with E-state index in [9.17, 15) is 5.11 Å². The molecule has 0 saturated carbocycles. The molecular formula is C13H11ClN2O2. The fraction of sp³-hybridized carbons (Fsp3) is 0.154. The summed E-state index contributed by atoms with van der Waals surface area (Å²) in [5, 5.41) is 11.6. The third kappa shape index (κ3) is 1.79. The molecule has 0 fully saturated rings. The van der Waals surface area contributed by atoms with Crippen molar-refractivity contribution in [2.75, 3.05) is 0 Å². The Morgan fingerprint density at radius 1 is 1.44 bits per heavy atom. The Balaban J connectivity index is 2.06. The first-order valence-corrected chi connectivity index (χ1v) is 5.87. The molecule has 3 aromatic rings. The Morgan fingerprint density at radius 3 is 2.94 bits per heavy atom. The summed E-state index contributed by atoms with van der Waals surface area (Å²) in [6.45, 7) is 0. The molecule has 0 amide bonds. The van der Waals surface area contributed by atoms with E-state index >= 15 is 0 Å². The van der Waals surface area contributed by atoms with Gasteiger partial charge in [0.2, 0.25) is 0 Å². The number of aliphatic hydroxyl groups is 1. The number of furan rings is 1. The van der Waals surface area contributed by atoms with Gasteiger partial charge in [0.25, 0.3) is 0 Å². The Morgan fingerprint density at radius 2 is 2.28 bits per heavy atom. The SMILES string of the molecule is Cn1cnc(C(O)c2cc3cccc(Cl)c3o2)c1. The molecule has 1 atom stereocenters. The first-order chi connectivity index (χ1) is 8.65. The molecule has 0 saturated heterocycles. The minimum Gasteiger partial charge on any atom is -0.456 e. The third-order valence-electron chi connectivity index (χ3n) is 2.79. The van der Waals surface area contributed by atoms with Gasteiger partial charge in [0.05, 0.1) is 17.0 Å². The smallest absolute Gasteiger partial charge is 0.155 e. The van der Waals surface area contributed by atoms with Crippen molar-refractivity contribution in [3.05, 3.63) is 53.3 Å². The van der Waals surface area contributed by atoms with Crippen molar-refractivity contribution in [3.8, 4) is 0 Å². The second kappa shape index (κ2) is 4.15. The number of halogens is 1. The van der Waals surface area contributed by atoms with Crippen molar-refractivity contribution in [2.24, 2.45) is 7.05 Å². The molecule has 0 aliphatic heterocycles. The first kappa shape index (κ1) is 11.3. The van der Waals surface area contributed by atoms with E-state index in [2.05, 4.69) is 4.98 Å². The highest BCUT2D eigenvalue weighted by atomic mass is 35.5. The fourth-order valence-corrected chi connectivity index (χ4v) is 2.12. The lowest BCUT2D eigenvalue weighted by Gasteiger charge is -2.02. The molecule has 5 heteroatoms. The first-order valence-electron chi connectivity index (χ1n) is 5.49. The van der Waals surface area contributed by atoms with E-state index in [1.54, 1.807) is 29.2 Å². The summed E-state index contributed by atoms with van der Waals surface area (Å²) in [6, 6.07) is 7.27. The molecule has 1 unspecified atom stereocenters. The molecule has 2 heterocycles. The topological polar surface area (TPSA) is 51.2 Å². The average molecular weight is 263 g/mol. The molecule has 0 radical (unpaired) electrons. The fourth-order valence-electron chi connectivity index (χ4n) is 1.90. The van der Waals surface area contributed by atoms with Crippen LogP contribution in [0.3, 0.4) is 0 Å². The summed E-state index contributed by atoms with van der Waals surface area (Å²) in [4.78, 5) is 4.10. The molecule has 92 valence electrons. The Hall–Kier alpha value is -1.78. The molecule has 0 bridgehead atoms. The van der Waals surface area contributed by atoms with Crippen LogP contribution in [0.25, 0.3) is 11.0 Å². The molecule has 1 N–H and O–H groups in total. The number of para-hydroxylation sites is 1. The van der Waals surface area contributed by atoms with Gasteiger partial charge in [-0.15, -0.1) is 0 Å². The Kier molecular flexibility index (Phi) is 2.61. The van der Waals surface area contributed by atoms with Crippen molar-refractivity contribution in [1.82, 2.24) is 9.55 Å². The van der Waals surface area contributed by atoms with Gasteiger partial charge >= 0.3 is 0 Å². The lowest BCUT2D eigenvalue weighted by molar-refractivity contribution is 0.188. The second-order valence-electron chi connectivity index (χ2n) is 4.17. The third-order valence-corrected chi connectivity index (χ3v) is 3.09. The minimum atomic E-state index is -0.880. The van der Waals surface area contributed by atoms with Crippen LogP contribution in [0, 0.1) is 0 Å². The zero-order valence-electron chi connectivity index (χ0n) is 9.67. The van der Waals surface area contributed by atoms with Gasteiger partial charge in [-0.3, -0.25) is 0 Å². The largest absolute Gasteiger partial charge is 0.456 e. The van der Waals surface area contributed by atoms with E-state index in [1.807, 2.05) is 19.2 Å². The predicted molar refractivity (Wildman–Crippen MR) is 68.5 cm³/mol. The van der Waals surface area contributed by atoms with Crippen LogP contribution in [0.2, 0.25) is 5.02 Å². The maximum atomic E-state index is 10.2. The van der Waals surface area contributed by atoms with Gasteiger partial charge in [-0.1, -0.05) is 23.7 Å². The number of aromatic nitrogens is 2. The Labute approximate surface area is 108 Å². The van der Waals surface area contributed by atoms with Crippen LogP contribution < -0.4 is 0 Å². The molecule has 1 aromatic carbocycles. The van der Waals surface area contributed by atoms with Gasteiger partial charge in [0.15, 0.2) is 11.7 Å². The number of hydrogen-bond acceptors (Lipinski definition) is 3.